The van der Waals surface area contributed by atoms with Gasteiger partial charge < -0.3 is 4.98 Å². The maximum absolute atomic E-state index is 10.5. The Labute approximate surface area is 95.9 Å². The summed E-state index contributed by atoms with van der Waals surface area (Å²) < 4.78 is 0. The van der Waals surface area contributed by atoms with Gasteiger partial charge in [-0.1, -0.05) is 23.4 Å². The number of aldehydes is 1. The van der Waals surface area contributed by atoms with Crippen LogP contribution in [0.5, 0.6) is 0 Å². The van der Waals surface area contributed by atoms with Crippen molar-refractivity contribution in [2.24, 2.45) is 0 Å². The molecule has 0 radical (unpaired) electrons. The van der Waals surface area contributed by atoms with Crippen molar-refractivity contribution < 1.29 is 4.79 Å². The number of nitrogens with zero attached hydrogens (tertiary/aromatic N) is 1. The Bertz CT molecular complexity index is 470. The molecule has 1 N–H and O–H groups in total. The minimum atomic E-state index is 0.460. The molecular weight excluding hydrogens is 232 g/mol. The third-order valence-electron chi connectivity index (χ3n) is 1.79. The third kappa shape index (κ3) is 2.40. The number of imidazole rings is 1. The molecule has 0 fully saturated rings. The molecule has 0 unspecified atom stereocenters. The second kappa shape index (κ2) is 4.51. The summed E-state index contributed by atoms with van der Waals surface area (Å²) in [5.41, 5.74) is 0.500. The summed E-state index contributed by atoms with van der Waals surface area (Å²) in [7, 11) is 0. The Morgan fingerprint density at radius 2 is 2.33 bits per heavy atom. The van der Waals surface area contributed by atoms with Crippen LogP contribution in [0.25, 0.3) is 0 Å². The van der Waals surface area contributed by atoms with Crippen LogP contribution in [0.1, 0.15) is 10.4 Å². The zero-order valence-electron chi connectivity index (χ0n) is 7.61. The van der Waals surface area contributed by atoms with Gasteiger partial charge >= 0.3 is 0 Å². The first-order valence-corrected chi connectivity index (χ1v) is 5.41. The minimum absolute atomic E-state index is 0.460. The topological polar surface area (TPSA) is 45.8 Å². The fourth-order valence-electron chi connectivity index (χ4n) is 1.09. The van der Waals surface area contributed by atoms with Gasteiger partial charge in [-0.05, 0) is 18.2 Å². The van der Waals surface area contributed by atoms with E-state index in [-0.39, 0.29) is 0 Å². The van der Waals surface area contributed by atoms with E-state index in [1.165, 1.54) is 11.8 Å². The molecule has 0 saturated heterocycles. The van der Waals surface area contributed by atoms with E-state index in [2.05, 4.69) is 9.97 Å². The zero-order valence-corrected chi connectivity index (χ0v) is 9.18. The number of hydrogen-bond acceptors (Lipinski definition) is 3. The van der Waals surface area contributed by atoms with Crippen LogP contribution in [0.4, 0.5) is 0 Å². The van der Waals surface area contributed by atoms with Crippen molar-refractivity contribution >= 4 is 29.6 Å². The molecule has 1 aromatic carbocycles. The first-order chi connectivity index (χ1) is 7.29. The van der Waals surface area contributed by atoms with Gasteiger partial charge in [-0.25, -0.2) is 4.98 Å². The number of nitrogens with one attached hydrogen (secondary N) is 1. The van der Waals surface area contributed by atoms with Crippen molar-refractivity contribution in [3.63, 3.8) is 0 Å². The molecular formula is C10H7ClN2OS. The smallest absolute Gasteiger partial charge is 0.170 e. The Morgan fingerprint density at radius 1 is 1.47 bits per heavy atom. The fourth-order valence-corrected chi connectivity index (χ4v) is 2.15. The standard InChI is InChI=1S/C10H7ClN2OS/c11-9-5-8(2-1-7(9)6-14)15-10-12-3-4-13-10/h1-6H,(H,12,13). The molecule has 0 atom stereocenters. The molecule has 1 aromatic heterocycles. The third-order valence-corrected chi connectivity index (χ3v) is 3.02. The second-order valence-corrected chi connectivity index (χ2v) is 4.27. The SMILES string of the molecule is O=Cc1ccc(Sc2ncc[nH]2)cc1Cl. The van der Waals surface area contributed by atoms with E-state index in [4.69, 9.17) is 11.6 Å². The van der Waals surface area contributed by atoms with Crippen molar-refractivity contribution in [2.75, 3.05) is 0 Å². The number of rotatable bonds is 3. The molecule has 3 nitrogen and oxygen atoms in total. The van der Waals surface area contributed by atoms with Gasteiger partial charge in [-0.15, -0.1) is 0 Å². The average Bonchev–Trinajstić information content (AvgIpc) is 2.71. The molecule has 0 aliphatic rings. The molecule has 0 aliphatic heterocycles. The van der Waals surface area contributed by atoms with Crippen molar-refractivity contribution in [3.05, 3.63) is 41.2 Å². The molecule has 5 heteroatoms. The monoisotopic (exact) mass is 238 g/mol. The lowest BCUT2D eigenvalue weighted by molar-refractivity contribution is 0.112. The van der Waals surface area contributed by atoms with E-state index < -0.39 is 0 Å². The molecule has 0 bridgehead atoms. The molecule has 0 amide bonds. The summed E-state index contributed by atoms with van der Waals surface area (Å²) in [6, 6.07) is 5.28. The Hall–Kier alpha value is -1.26. The van der Waals surface area contributed by atoms with Gasteiger partial charge in [0.25, 0.3) is 0 Å². The molecule has 2 rings (SSSR count). The molecule has 76 valence electrons. The second-order valence-electron chi connectivity index (χ2n) is 2.80. The van der Waals surface area contributed by atoms with Gasteiger partial charge in [0, 0.05) is 22.9 Å². The molecule has 2 aromatic rings. The largest absolute Gasteiger partial charge is 0.339 e. The van der Waals surface area contributed by atoms with Gasteiger partial charge in [-0.2, -0.15) is 0 Å². The van der Waals surface area contributed by atoms with Gasteiger partial charge in [0.15, 0.2) is 11.4 Å². The zero-order chi connectivity index (χ0) is 10.7. The minimum Gasteiger partial charge on any atom is -0.339 e. The maximum atomic E-state index is 10.5. The lowest BCUT2D eigenvalue weighted by atomic mass is 10.2. The molecule has 15 heavy (non-hydrogen) atoms. The number of carbonyl (C=O) groups excluding carboxylic acids is 1. The average molecular weight is 239 g/mol. The highest BCUT2D eigenvalue weighted by Gasteiger charge is 2.03. The Balaban J connectivity index is 2.23. The van der Waals surface area contributed by atoms with Crippen LogP contribution in [0.2, 0.25) is 5.02 Å². The number of H-pyrrole nitrogens is 1. The maximum Gasteiger partial charge on any atom is 0.170 e. The summed E-state index contributed by atoms with van der Waals surface area (Å²) in [5.74, 6) is 0. The normalized spacial score (nSPS) is 10.2. The van der Waals surface area contributed by atoms with Crippen LogP contribution in [0.3, 0.4) is 0 Å². The van der Waals surface area contributed by atoms with Crippen LogP contribution in [-0.4, -0.2) is 16.3 Å². The van der Waals surface area contributed by atoms with Crippen molar-refractivity contribution in [3.8, 4) is 0 Å². The highest BCUT2D eigenvalue weighted by Crippen LogP contribution is 2.27. The van der Waals surface area contributed by atoms with E-state index >= 15 is 0 Å². The Kier molecular flexibility index (Phi) is 3.08. The van der Waals surface area contributed by atoms with Crippen molar-refractivity contribution in [1.29, 1.82) is 0 Å². The first kappa shape index (κ1) is 10.3. The molecule has 0 saturated carbocycles. The summed E-state index contributed by atoms with van der Waals surface area (Å²) in [5, 5.41) is 1.26. The van der Waals surface area contributed by atoms with Gasteiger partial charge in [0.05, 0.1) is 5.02 Å². The summed E-state index contributed by atoms with van der Waals surface area (Å²) in [6.07, 6.45) is 4.18. The number of benzene rings is 1. The predicted octanol–water partition coefficient (Wildman–Crippen LogP) is 3.03. The van der Waals surface area contributed by atoms with Crippen LogP contribution in [-0.2, 0) is 0 Å². The van der Waals surface area contributed by atoms with E-state index in [9.17, 15) is 4.79 Å². The van der Waals surface area contributed by atoms with Gasteiger partial charge in [0.2, 0.25) is 0 Å². The van der Waals surface area contributed by atoms with E-state index in [0.29, 0.717) is 10.6 Å². The van der Waals surface area contributed by atoms with Gasteiger partial charge in [-0.3, -0.25) is 4.79 Å². The van der Waals surface area contributed by atoms with E-state index in [0.717, 1.165) is 16.3 Å². The highest BCUT2D eigenvalue weighted by molar-refractivity contribution is 7.99. The van der Waals surface area contributed by atoms with Crippen LogP contribution >= 0.6 is 23.4 Å². The first-order valence-electron chi connectivity index (χ1n) is 4.21. The van der Waals surface area contributed by atoms with E-state index in [1.54, 1.807) is 24.5 Å². The number of carbonyl (C=O) groups is 1. The van der Waals surface area contributed by atoms with Gasteiger partial charge in [0.1, 0.15) is 0 Å². The highest BCUT2D eigenvalue weighted by atomic mass is 35.5. The van der Waals surface area contributed by atoms with Crippen LogP contribution in [0, 0.1) is 0 Å². The lowest BCUT2D eigenvalue weighted by Crippen LogP contribution is -1.82. The summed E-state index contributed by atoms with van der Waals surface area (Å²) in [4.78, 5) is 18.5. The quantitative estimate of drug-likeness (QED) is 0.836. The Morgan fingerprint density at radius 3 is 2.93 bits per heavy atom. The number of aromatic nitrogens is 2. The van der Waals surface area contributed by atoms with Crippen molar-refractivity contribution in [1.82, 2.24) is 9.97 Å². The number of aromatic amines is 1. The molecule has 1 heterocycles. The van der Waals surface area contributed by atoms with Crippen LogP contribution in [0.15, 0.2) is 40.6 Å². The molecule has 0 aliphatic carbocycles. The summed E-state index contributed by atoms with van der Waals surface area (Å²) in [6.45, 7) is 0. The predicted molar refractivity (Wildman–Crippen MR) is 59.6 cm³/mol. The fraction of sp³-hybridized carbons (Fsp3) is 0. The van der Waals surface area contributed by atoms with Crippen molar-refractivity contribution in [2.45, 2.75) is 10.1 Å². The molecule has 0 spiro atoms. The number of hydrogen-bond donors (Lipinski definition) is 1. The number of halogens is 1. The summed E-state index contributed by atoms with van der Waals surface area (Å²) >= 11 is 7.36. The van der Waals surface area contributed by atoms with Crippen LogP contribution < -0.4 is 0 Å². The lowest BCUT2D eigenvalue weighted by Gasteiger charge is -2.00. The van der Waals surface area contributed by atoms with E-state index in [1.807, 2.05) is 6.07 Å².